The van der Waals surface area contributed by atoms with Gasteiger partial charge in [0.05, 0.1) is 23.5 Å². The lowest BCUT2D eigenvalue weighted by Gasteiger charge is -2.34. The number of aromatic nitrogens is 3. The van der Waals surface area contributed by atoms with Crippen molar-refractivity contribution in [3.63, 3.8) is 0 Å². The number of H-pyrrole nitrogens is 2. The molecular weight excluding hydrogens is 336 g/mol. The molecule has 1 amide bonds. The number of amides is 1. The summed E-state index contributed by atoms with van der Waals surface area (Å²) < 4.78 is 0. The zero-order chi connectivity index (χ0) is 18.2. The zero-order valence-corrected chi connectivity index (χ0v) is 15.1. The van der Waals surface area contributed by atoms with Crippen molar-refractivity contribution in [1.29, 1.82) is 0 Å². The third-order valence-electron chi connectivity index (χ3n) is 5.56. The van der Waals surface area contributed by atoms with Crippen molar-refractivity contribution in [2.45, 2.75) is 31.7 Å². The normalized spacial score (nSPS) is 17.6. The fourth-order valence-corrected chi connectivity index (χ4v) is 4.19. The average molecular weight is 358 g/mol. The van der Waals surface area contributed by atoms with E-state index in [-0.39, 0.29) is 11.9 Å². The highest BCUT2D eigenvalue weighted by Gasteiger charge is 2.30. The van der Waals surface area contributed by atoms with Gasteiger partial charge in [0.15, 0.2) is 0 Å². The van der Waals surface area contributed by atoms with Gasteiger partial charge in [0.25, 0.3) is 0 Å². The number of para-hydroxylation sites is 3. The first kappa shape index (κ1) is 16.1. The Labute approximate surface area is 157 Å². The van der Waals surface area contributed by atoms with Gasteiger partial charge in [-0.15, -0.1) is 0 Å². The van der Waals surface area contributed by atoms with Crippen molar-refractivity contribution in [2.24, 2.45) is 0 Å². The van der Waals surface area contributed by atoms with E-state index in [1.54, 1.807) is 0 Å². The van der Waals surface area contributed by atoms with E-state index in [4.69, 9.17) is 4.98 Å². The Morgan fingerprint density at radius 2 is 1.89 bits per heavy atom. The molecule has 3 heterocycles. The van der Waals surface area contributed by atoms with E-state index in [0.29, 0.717) is 6.42 Å². The first-order chi connectivity index (χ1) is 13.3. The van der Waals surface area contributed by atoms with Crippen LogP contribution in [0.4, 0.5) is 0 Å². The third kappa shape index (κ3) is 2.89. The summed E-state index contributed by atoms with van der Waals surface area (Å²) in [4.78, 5) is 26.7. The van der Waals surface area contributed by atoms with Crippen LogP contribution in [-0.4, -0.2) is 32.3 Å². The van der Waals surface area contributed by atoms with E-state index in [1.807, 2.05) is 53.6 Å². The lowest BCUT2D eigenvalue weighted by molar-refractivity contribution is -0.134. The van der Waals surface area contributed by atoms with Gasteiger partial charge in [-0.1, -0.05) is 30.3 Å². The topological polar surface area (TPSA) is 64.8 Å². The molecule has 2 aromatic carbocycles. The number of nitrogens with zero attached hydrogens (tertiary/aromatic N) is 2. The quantitative estimate of drug-likeness (QED) is 0.572. The Bertz CT molecular complexity index is 1080. The summed E-state index contributed by atoms with van der Waals surface area (Å²) in [6, 6.07) is 16.2. The molecule has 1 aliphatic heterocycles. The highest BCUT2D eigenvalue weighted by molar-refractivity contribution is 5.89. The van der Waals surface area contributed by atoms with Gasteiger partial charge < -0.3 is 14.9 Å². The molecule has 136 valence electrons. The SMILES string of the molecule is O=C(Cc1c[nH]c2ccccc12)N1CCCC[C@@H]1c1nc2ccccc2[nH]1. The highest BCUT2D eigenvalue weighted by atomic mass is 16.2. The van der Waals surface area contributed by atoms with E-state index < -0.39 is 0 Å². The number of benzene rings is 2. The van der Waals surface area contributed by atoms with Gasteiger partial charge in [-0.05, 0) is 43.0 Å². The lowest BCUT2D eigenvalue weighted by atomic mass is 10.00. The molecule has 0 unspecified atom stereocenters. The predicted molar refractivity (Wildman–Crippen MR) is 106 cm³/mol. The number of aromatic amines is 2. The molecule has 1 atom stereocenters. The average Bonchev–Trinajstić information content (AvgIpc) is 3.32. The number of carbonyl (C=O) groups excluding carboxylic acids is 1. The Morgan fingerprint density at radius 1 is 1.07 bits per heavy atom. The number of nitrogens with one attached hydrogen (secondary N) is 2. The molecule has 2 aromatic heterocycles. The first-order valence-corrected chi connectivity index (χ1v) is 9.59. The maximum atomic E-state index is 13.2. The van der Waals surface area contributed by atoms with Gasteiger partial charge >= 0.3 is 0 Å². The summed E-state index contributed by atoms with van der Waals surface area (Å²) in [5.41, 5.74) is 4.13. The lowest BCUT2D eigenvalue weighted by Crippen LogP contribution is -2.39. The second kappa shape index (κ2) is 6.58. The van der Waals surface area contributed by atoms with E-state index in [1.165, 1.54) is 0 Å². The minimum Gasteiger partial charge on any atom is -0.361 e. The molecule has 5 rings (SSSR count). The number of likely N-dealkylation sites (tertiary alicyclic amines) is 1. The zero-order valence-electron chi connectivity index (χ0n) is 15.1. The molecular formula is C22H22N4O. The Kier molecular flexibility index (Phi) is 3.93. The summed E-state index contributed by atoms with van der Waals surface area (Å²) in [5, 5.41) is 1.13. The molecule has 4 aromatic rings. The predicted octanol–water partition coefficient (Wildman–Crippen LogP) is 4.34. The smallest absolute Gasteiger partial charge is 0.227 e. The van der Waals surface area contributed by atoms with E-state index in [0.717, 1.165) is 59.1 Å². The van der Waals surface area contributed by atoms with Gasteiger partial charge in [0.2, 0.25) is 5.91 Å². The van der Waals surface area contributed by atoms with Crippen LogP contribution in [0.3, 0.4) is 0 Å². The van der Waals surface area contributed by atoms with Crippen molar-refractivity contribution in [3.8, 4) is 0 Å². The molecule has 0 bridgehead atoms. The number of rotatable bonds is 3. The maximum Gasteiger partial charge on any atom is 0.227 e. The second-order valence-electron chi connectivity index (χ2n) is 7.27. The summed E-state index contributed by atoms with van der Waals surface area (Å²) in [6.07, 6.45) is 5.51. The van der Waals surface area contributed by atoms with Crippen LogP contribution >= 0.6 is 0 Å². The van der Waals surface area contributed by atoms with Gasteiger partial charge in [0, 0.05) is 23.6 Å². The van der Waals surface area contributed by atoms with Crippen LogP contribution in [0.5, 0.6) is 0 Å². The van der Waals surface area contributed by atoms with Crippen LogP contribution < -0.4 is 0 Å². The number of carbonyl (C=O) groups is 1. The molecule has 1 fully saturated rings. The van der Waals surface area contributed by atoms with Crippen molar-refractivity contribution >= 4 is 27.8 Å². The van der Waals surface area contributed by atoms with Crippen LogP contribution in [0.25, 0.3) is 21.9 Å². The maximum absolute atomic E-state index is 13.2. The summed E-state index contributed by atoms with van der Waals surface area (Å²) in [6.45, 7) is 0.795. The van der Waals surface area contributed by atoms with Crippen molar-refractivity contribution in [1.82, 2.24) is 19.9 Å². The van der Waals surface area contributed by atoms with Crippen molar-refractivity contribution < 1.29 is 4.79 Å². The van der Waals surface area contributed by atoms with Gasteiger partial charge in [-0.3, -0.25) is 4.79 Å². The molecule has 0 spiro atoms. The standard InChI is InChI=1S/C22H22N4O/c27-21(13-15-14-23-17-8-2-1-7-16(15)17)26-12-6-5-11-20(26)22-24-18-9-3-4-10-19(18)25-22/h1-4,7-10,14,20,23H,5-6,11-13H2,(H,24,25)/t20-/m1/s1. The van der Waals surface area contributed by atoms with Crippen LogP contribution in [-0.2, 0) is 11.2 Å². The first-order valence-electron chi connectivity index (χ1n) is 9.59. The molecule has 5 nitrogen and oxygen atoms in total. The Hall–Kier alpha value is -3.08. The highest BCUT2D eigenvalue weighted by Crippen LogP contribution is 2.31. The summed E-state index contributed by atoms with van der Waals surface area (Å²) >= 11 is 0. The van der Waals surface area contributed by atoms with Gasteiger partial charge in [-0.2, -0.15) is 0 Å². The van der Waals surface area contributed by atoms with Crippen LogP contribution in [0.1, 0.15) is 36.7 Å². The molecule has 27 heavy (non-hydrogen) atoms. The molecule has 2 N–H and O–H groups in total. The Morgan fingerprint density at radius 3 is 2.78 bits per heavy atom. The van der Waals surface area contributed by atoms with Crippen molar-refractivity contribution in [3.05, 3.63) is 66.1 Å². The molecule has 0 aliphatic carbocycles. The van der Waals surface area contributed by atoms with Crippen molar-refractivity contribution in [2.75, 3.05) is 6.54 Å². The van der Waals surface area contributed by atoms with E-state index >= 15 is 0 Å². The van der Waals surface area contributed by atoms with Crippen LogP contribution in [0, 0.1) is 0 Å². The van der Waals surface area contributed by atoms with Crippen LogP contribution in [0.2, 0.25) is 0 Å². The minimum absolute atomic E-state index is 0.0313. The molecule has 1 saturated heterocycles. The fraction of sp³-hybridized carbons (Fsp3) is 0.273. The Balaban J connectivity index is 1.43. The number of fused-ring (bicyclic) bond motifs is 2. The monoisotopic (exact) mass is 358 g/mol. The number of imidazole rings is 1. The third-order valence-corrected chi connectivity index (χ3v) is 5.56. The molecule has 0 radical (unpaired) electrons. The van der Waals surface area contributed by atoms with Crippen LogP contribution in [0.15, 0.2) is 54.7 Å². The fourth-order valence-electron chi connectivity index (χ4n) is 4.19. The molecule has 0 saturated carbocycles. The van der Waals surface area contributed by atoms with Gasteiger partial charge in [0.1, 0.15) is 5.82 Å². The minimum atomic E-state index is 0.0313. The summed E-state index contributed by atoms with van der Waals surface area (Å²) in [5.74, 6) is 1.08. The number of piperidine rings is 1. The van der Waals surface area contributed by atoms with E-state index in [2.05, 4.69) is 16.0 Å². The van der Waals surface area contributed by atoms with E-state index in [9.17, 15) is 4.79 Å². The molecule has 1 aliphatic rings. The second-order valence-corrected chi connectivity index (χ2v) is 7.27. The summed E-state index contributed by atoms with van der Waals surface area (Å²) in [7, 11) is 0. The number of hydrogen-bond donors (Lipinski definition) is 2. The largest absolute Gasteiger partial charge is 0.361 e. The molecule has 5 heteroatoms. The number of hydrogen-bond acceptors (Lipinski definition) is 2. The van der Waals surface area contributed by atoms with Gasteiger partial charge in [-0.25, -0.2) is 4.98 Å².